The van der Waals surface area contributed by atoms with Crippen LogP contribution in [0.25, 0.3) is 0 Å². The summed E-state index contributed by atoms with van der Waals surface area (Å²) in [5.41, 5.74) is 0. The molecule has 0 heteroatoms. The van der Waals surface area contributed by atoms with Crippen molar-refractivity contribution in [3.63, 3.8) is 0 Å². The second-order valence-corrected chi connectivity index (χ2v) is 8.63. The number of rotatable bonds is 9. The van der Waals surface area contributed by atoms with Crippen molar-refractivity contribution in [2.75, 3.05) is 0 Å². The Morgan fingerprint density at radius 3 is 1.79 bits per heavy atom. The molecule has 0 aromatic heterocycles. The molecule has 0 N–H and O–H groups in total. The van der Waals surface area contributed by atoms with E-state index in [1.165, 1.54) is 89.9 Å². The van der Waals surface area contributed by atoms with Gasteiger partial charge in [0.1, 0.15) is 0 Å². The first-order valence-electron chi connectivity index (χ1n) is 11.1. The van der Waals surface area contributed by atoms with E-state index >= 15 is 0 Å². The van der Waals surface area contributed by atoms with Gasteiger partial charge in [-0.15, -0.1) is 0 Å². The van der Waals surface area contributed by atoms with Crippen LogP contribution in [0.1, 0.15) is 104 Å². The maximum atomic E-state index is 2.53. The molecule has 0 aromatic rings. The van der Waals surface area contributed by atoms with Crippen LogP contribution in [-0.2, 0) is 0 Å². The molecule has 0 nitrogen and oxygen atoms in total. The number of hydrogen-bond donors (Lipinski definition) is 0. The number of hydrogen-bond acceptors (Lipinski definition) is 0. The summed E-state index contributed by atoms with van der Waals surface area (Å²) in [6, 6.07) is 0. The zero-order chi connectivity index (χ0) is 17.0. The van der Waals surface area contributed by atoms with Crippen LogP contribution >= 0.6 is 0 Å². The average molecular weight is 331 g/mol. The van der Waals surface area contributed by atoms with E-state index in [1.54, 1.807) is 0 Å². The molecular weight excluding hydrogens is 288 g/mol. The summed E-state index contributed by atoms with van der Waals surface area (Å²) in [7, 11) is 0. The van der Waals surface area contributed by atoms with Crippen LogP contribution in [0.4, 0.5) is 0 Å². The van der Waals surface area contributed by atoms with Crippen LogP contribution in [0.5, 0.6) is 0 Å². The van der Waals surface area contributed by atoms with Crippen LogP contribution in [0.2, 0.25) is 0 Å². The first kappa shape index (κ1) is 19.8. The fraction of sp³-hybridized carbons (Fsp3) is 0.833. The monoisotopic (exact) mass is 330 g/mol. The minimum atomic E-state index is 0.878. The van der Waals surface area contributed by atoms with Crippen LogP contribution in [-0.4, -0.2) is 0 Å². The SMILES string of the molecule is C/C=C/C1CCC(C/C=C\CC2CCC(CCCCC)CC2)CC1. The van der Waals surface area contributed by atoms with Crippen molar-refractivity contribution in [1.29, 1.82) is 0 Å². The zero-order valence-corrected chi connectivity index (χ0v) is 16.5. The van der Waals surface area contributed by atoms with Gasteiger partial charge in [0.25, 0.3) is 0 Å². The minimum absolute atomic E-state index is 0.878. The molecule has 2 fully saturated rings. The van der Waals surface area contributed by atoms with E-state index in [-0.39, 0.29) is 0 Å². The smallest absolute Gasteiger partial charge is 0.0233 e. The molecule has 0 heterocycles. The largest absolute Gasteiger partial charge is 0.0914 e. The highest BCUT2D eigenvalue weighted by Crippen LogP contribution is 2.34. The Labute approximate surface area is 152 Å². The van der Waals surface area contributed by atoms with Crippen molar-refractivity contribution >= 4 is 0 Å². The maximum Gasteiger partial charge on any atom is -0.0233 e. The minimum Gasteiger partial charge on any atom is -0.0914 e. The molecule has 2 rings (SSSR count). The zero-order valence-electron chi connectivity index (χ0n) is 16.5. The highest BCUT2D eigenvalue weighted by atomic mass is 14.3. The Morgan fingerprint density at radius 2 is 1.25 bits per heavy atom. The Kier molecular flexibility index (Phi) is 9.85. The molecule has 0 amide bonds. The molecule has 0 spiro atoms. The van der Waals surface area contributed by atoms with E-state index < -0.39 is 0 Å². The number of unbranched alkanes of at least 4 members (excludes halogenated alkanes) is 2. The molecule has 2 aliphatic carbocycles. The second-order valence-electron chi connectivity index (χ2n) is 8.63. The van der Waals surface area contributed by atoms with Crippen molar-refractivity contribution in [2.45, 2.75) is 104 Å². The summed E-state index contributed by atoms with van der Waals surface area (Å²) in [6.45, 7) is 4.48. The highest BCUT2D eigenvalue weighted by molar-refractivity contribution is 4.92. The summed E-state index contributed by atoms with van der Waals surface area (Å²) >= 11 is 0. The molecule has 0 aromatic carbocycles. The van der Waals surface area contributed by atoms with E-state index in [1.807, 2.05) is 0 Å². The van der Waals surface area contributed by atoms with Crippen LogP contribution < -0.4 is 0 Å². The molecule has 138 valence electrons. The van der Waals surface area contributed by atoms with E-state index in [9.17, 15) is 0 Å². The molecule has 0 bridgehead atoms. The molecule has 0 unspecified atom stereocenters. The lowest BCUT2D eigenvalue weighted by Crippen LogP contribution is -2.14. The Morgan fingerprint density at radius 1 is 0.708 bits per heavy atom. The molecule has 24 heavy (non-hydrogen) atoms. The van der Waals surface area contributed by atoms with Crippen molar-refractivity contribution in [3.05, 3.63) is 24.3 Å². The molecule has 0 aliphatic heterocycles. The van der Waals surface area contributed by atoms with Gasteiger partial charge >= 0.3 is 0 Å². The Balaban J connectivity index is 1.52. The van der Waals surface area contributed by atoms with Gasteiger partial charge in [0.15, 0.2) is 0 Å². The fourth-order valence-corrected chi connectivity index (χ4v) is 4.90. The highest BCUT2D eigenvalue weighted by Gasteiger charge is 2.20. The predicted molar refractivity (Wildman–Crippen MR) is 108 cm³/mol. The third-order valence-electron chi connectivity index (χ3n) is 6.64. The topological polar surface area (TPSA) is 0 Å². The normalized spacial score (nSPS) is 31.9. The van der Waals surface area contributed by atoms with Crippen molar-refractivity contribution in [2.24, 2.45) is 23.7 Å². The lowest BCUT2D eigenvalue weighted by molar-refractivity contribution is 0.259. The van der Waals surface area contributed by atoms with Crippen molar-refractivity contribution < 1.29 is 0 Å². The lowest BCUT2D eigenvalue weighted by atomic mass is 9.78. The third kappa shape index (κ3) is 7.58. The summed E-state index contributed by atoms with van der Waals surface area (Å²) in [5.74, 6) is 3.90. The summed E-state index contributed by atoms with van der Waals surface area (Å²) in [4.78, 5) is 0. The maximum absolute atomic E-state index is 2.53. The van der Waals surface area contributed by atoms with Crippen LogP contribution in [0.15, 0.2) is 24.3 Å². The number of allylic oxidation sites excluding steroid dienone is 4. The van der Waals surface area contributed by atoms with Gasteiger partial charge in [0.05, 0.1) is 0 Å². The van der Waals surface area contributed by atoms with E-state index in [4.69, 9.17) is 0 Å². The second kappa shape index (κ2) is 11.9. The van der Waals surface area contributed by atoms with E-state index in [0.717, 1.165) is 23.7 Å². The quantitative estimate of drug-likeness (QED) is 0.296. The molecular formula is C24H42. The standard InChI is InChI=1S/C24H42/c1-3-5-6-10-22-17-19-24(20-18-22)12-8-7-11-23-15-13-21(9-4-2)14-16-23/h4,7-9,21-24H,3,5-6,10-20H2,1-2H3/b8-7-,9-4+. The van der Waals surface area contributed by atoms with Gasteiger partial charge in [0, 0.05) is 0 Å². The van der Waals surface area contributed by atoms with Gasteiger partial charge in [-0.2, -0.15) is 0 Å². The molecule has 2 saturated carbocycles. The molecule has 0 saturated heterocycles. The third-order valence-corrected chi connectivity index (χ3v) is 6.64. The summed E-state index contributed by atoms with van der Waals surface area (Å²) in [5, 5.41) is 0. The average Bonchev–Trinajstić information content (AvgIpc) is 2.62. The summed E-state index contributed by atoms with van der Waals surface area (Å²) in [6.07, 6.45) is 30.0. The first-order chi connectivity index (χ1) is 11.8. The fourth-order valence-electron chi connectivity index (χ4n) is 4.90. The lowest BCUT2D eigenvalue weighted by Gasteiger charge is -2.28. The predicted octanol–water partition coefficient (Wildman–Crippen LogP) is 8.09. The van der Waals surface area contributed by atoms with Gasteiger partial charge in [0.2, 0.25) is 0 Å². The van der Waals surface area contributed by atoms with E-state index in [2.05, 4.69) is 38.2 Å². The van der Waals surface area contributed by atoms with Crippen LogP contribution in [0, 0.1) is 23.7 Å². The van der Waals surface area contributed by atoms with Gasteiger partial charge in [-0.3, -0.25) is 0 Å². The van der Waals surface area contributed by atoms with Crippen molar-refractivity contribution in [1.82, 2.24) is 0 Å². The Bertz CT molecular complexity index is 348. The Hall–Kier alpha value is -0.520. The summed E-state index contributed by atoms with van der Waals surface area (Å²) < 4.78 is 0. The molecule has 0 atom stereocenters. The van der Waals surface area contributed by atoms with Crippen LogP contribution in [0.3, 0.4) is 0 Å². The van der Waals surface area contributed by atoms with E-state index in [0.29, 0.717) is 0 Å². The van der Waals surface area contributed by atoms with Gasteiger partial charge in [-0.05, 0) is 82.0 Å². The first-order valence-corrected chi connectivity index (χ1v) is 11.1. The van der Waals surface area contributed by atoms with Gasteiger partial charge < -0.3 is 0 Å². The molecule has 0 radical (unpaired) electrons. The molecule has 2 aliphatic rings. The van der Waals surface area contributed by atoms with Gasteiger partial charge in [-0.25, -0.2) is 0 Å². The van der Waals surface area contributed by atoms with Crippen molar-refractivity contribution in [3.8, 4) is 0 Å². The van der Waals surface area contributed by atoms with Gasteiger partial charge in [-0.1, -0.05) is 69.8 Å².